The Morgan fingerprint density at radius 3 is 2.80 bits per heavy atom. The van der Waals surface area contributed by atoms with Gasteiger partial charge in [0.2, 0.25) is 0 Å². The van der Waals surface area contributed by atoms with Crippen LogP contribution in [0.4, 0.5) is 0 Å². The Balaban J connectivity index is 1.67. The molecule has 0 radical (unpaired) electrons. The van der Waals surface area contributed by atoms with Crippen molar-refractivity contribution >= 4 is 5.97 Å². The van der Waals surface area contributed by atoms with E-state index in [2.05, 4.69) is 35.2 Å². The van der Waals surface area contributed by atoms with Gasteiger partial charge < -0.3 is 10.0 Å². The summed E-state index contributed by atoms with van der Waals surface area (Å²) in [7, 11) is 0. The molecule has 0 aliphatic carbocycles. The predicted octanol–water partition coefficient (Wildman–Crippen LogP) is 3.34. The lowest BCUT2D eigenvalue weighted by molar-refractivity contribution is -0.137. The molecular weight excluding hydrogens is 250 g/mol. The van der Waals surface area contributed by atoms with E-state index in [0.29, 0.717) is 12.5 Å². The Morgan fingerprint density at radius 2 is 2.05 bits per heavy atom. The fraction of sp³-hybridized carbons (Fsp3) is 0.588. The summed E-state index contributed by atoms with van der Waals surface area (Å²) >= 11 is 0. The molecule has 0 aromatic heterocycles. The highest BCUT2D eigenvalue weighted by atomic mass is 16.4. The van der Waals surface area contributed by atoms with Gasteiger partial charge in [-0.3, -0.25) is 4.79 Å². The maximum Gasteiger partial charge on any atom is 0.303 e. The van der Waals surface area contributed by atoms with Crippen molar-refractivity contribution in [3.8, 4) is 0 Å². The predicted molar refractivity (Wildman–Crippen MR) is 80.8 cm³/mol. The van der Waals surface area contributed by atoms with E-state index < -0.39 is 5.97 Å². The van der Waals surface area contributed by atoms with Crippen molar-refractivity contribution < 1.29 is 9.90 Å². The highest BCUT2D eigenvalue weighted by Gasteiger charge is 2.23. The van der Waals surface area contributed by atoms with Gasteiger partial charge in [-0.25, -0.2) is 0 Å². The molecule has 1 aromatic rings. The van der Waals surface area contributed by atoms with Crippen molar-refractivity contribution in [2.75, 3.05) is 13.1 Å². The van der Waals surface area contributed by atoms with E-state index in [9.17, 15) is 4.79 Å². The molecule has 1 aliphatic rings. The summed E-state index contributed by atoms with van der Waals surface area (Å²) in [6.07, 6.45) is 7.25. The van der Waals surface area contributed by atoms with Crippen LogP contribution in [0.25, 0.3) is 0 Å². The van der Waals surface area contributed by atoms with Gasteiger partial charge in [0.1, 0.15) is 0 Å². The largest absolute Gasteiger partial charge is 0.481 e. The zero-order chi connectivity index (χ0) is 14.2. The Bertz CT molecular complexity index is 405. The molecule has 1 atom stereocenters. The first-order valence-electron chi connectivity index (χ1n) is 7.75. The van der Waals surface area contributed by atoms with Crippen molar-refractivity contribution in [1.29, 1.82) is 0 Å². The molecule has 1 unspecified atom stereocenters. The summed E-state index contributed by atoms with van der Waals surface area (Å²) in [5, 5.41) is 8.70. The van der Waals surface area contributed by atoms with Gasteiger partial charge >= 0.3 is 5.97 Å². The standard InChI is InChI=1S/C17H25NO2/c19-17(20)12-6-14-18-13-5-11-16(18)10-4-9-15-7-2-1-3-8-15/h1-3,7-8,16H,4-6,9-14H2,(H,19,20). The van der Waals surface area contributed by atoms with Crippen LogP contribution in [0.2, 0.25) is 0 Å². The van der Waals surface area contributed by atoms with Gasteiger partial charge in [0.05, 0.1) is 0 Å². The van der Waals surface area contributed by atoms with Crippen LogP contribution < -0.4 is 0 Å². The normalized spacial score (nSPS) is 19.3. The molecule has 0 saturated carbocycles. The van der Waals surface area contributed by atoms with E-state index in [1.807, 2.05) is 0 Å². The Labute approximate surface area is 121 Å². The minimum Gasteiger partial charge on any atom is -0.481 e. The van der Waals surface area contributed by atoms with Crippen LogP contribution in [0, 0.1) is 0 Å². The summed E-state index contributed by atoms with van der Waals surface area (Å²) in [5.74, 6) is -0.676. The molecule has 110 valence electrons. The molecule has 1 aromatic carbocycles. The summed E-state index contributed by atoms with van der Waals surface area (Å²) in [6, 6.07) is 11.3. The number of rotatable bonds is 8. The number of carboxylic acid groups (broad SMARTS) is 1. The van der Waals surface area contributed by atoms with Crippen LogP contribution in [0.3, 0.4) is 0 Å². The van der Waals surface area contributed by atoms with Gasteiger partial charge in [-0.2, -0.15) is 0 Å². The Hall–Kier alpha value is -1.35. The number of nitrogens with zero attached hydrogens (tertiary/aromatic N) is 1. The lowest BCUT2D eigenvalue weighted by atomic mass is 10.0. The molecule has 3 heteroatoms. The SMILES string of the molecule is O=C(O)CCCN1CCCC1CCCc1ccccc1. The number of aliphatic carboxylic acids is 1. The average Bonchev–Trinajstić information content (AvgIpc) is 2.87. The van der Waals surface area contributed by atoms with E-state index in [4.69, 9.17) is 5.11 Å². The van der Waals surface area contributed by atoms with E-state index in [1.165, 1.54) is 31.2 Å². The number of benzene rings is 1. The maximum absolute atomic E-state index is 10.6. The second kappa shape index (κ2) is 8.05. The van der Waals surface area contributed by atoms with Crippen molar-refractivity contribution in [1.82, 2.24) is 4.90 Å². The summed E-state index contributed by atoms with van der Waals surface area (Å²) < 4.78 is 0. The highest BCUT2D eigenvalue weighted by molar-refractivity contribution is 5.66. The van der Waals surface area contributed by atoms with E-state index in [0.717, 1.165) is 25.9 Å². The summed E-state index contributed by atoms with van der Waals surface area (Å²) in [4.78, 5) is 13.1. The van der Waals surface area contributed by atoms with Crippen molar-refractivity contribution in [3.05, 3.63) is 35.9 Å². The first-order valence-corrected chi connectivity index (χ1v) is 7.75. The molecule has 3 nitrogen and oxygen atoms in total. The summed E-state index contributed by atoms with van der Waals surface area (Å²) in [6.45, 7) is 2.10. The molecule has 1 N–H and O–H groups in total. The summed E-state index contributed by atoms with van der Waals surface area (Å²) in [5.41, 5.74) is 1.42. The number of hydrogen-bond acceptors (Lipinski definition) is 2. The third kappa shape index (κ3) is 4.97. The minimum atomic E-state index is -0.676. The van der Waals surface area contributed by atoms with Gasteiger partial charge in [-0.1, -0.05) is 30.3 Å². The van der Waals surface area contributed by atoms with Crippen LogP contribution in [0.1, 0.15) is 44.1 Å². The van der Waals surface area contributed by atoms with E-state index in [-0.39, 0.29) is 0 Å². The average molecular weight is 275 g/mol. The topological polar surface area (TPSA) is 40.5 Å². The molecule has 0 bridgehead atoms. The number of carboxylic acids is 1. The fourth-order valence-electron chi connectivity index (χ4n) is 3.14. The Kier molecular flexibility index (Phi) is 6.06. The van der Waals surface area contributed by atoms with E-state index >= 15 is 0 Å². The lowest BCUT2D eigenvalue weighted by Crippen LogP contribution is -2.30. The van der Waals surface area contributed by atoms with Crippen molar-refractivity contribution in [3.63, 3.8) is 0 Å². The van der Waals surface area contributed by atoms with Gasteiger partial charge in [0.15, 0.2) is 0 Å². The molecule has 0 spiro atoms. The van der Waals surface area contributed by atoms with Crippen LogP contribution in [-0.4, -0.2) is 35.1 Å². The quantitative estimate of drug-likeness (QED) is 0.791. The molecule has 20 heavy (non-hydrogen) atoms. The number of aryl methyl sites for hydroxylation is 1. The fourth-order valence-corrected chi connectivity index (χ4v) is 3.14. The van der Waals surface area contributed by atoms with Gasteiger partial charge in [0, 0.05) is 12.5 Å². The molecule has 1 fully saturated rings. The van der Waals surface area contributed by atoms with Crippen LogP contribution in [0.15, 0.2) is 30.3 Å². The first kappa shape index (κ1) is 15.0. The monoisotopic (exact) mass is 275 g/mol. The smallest absolute Gasteiger partial charge is 0.303 e. The number of likely N-dealkylation sites (tertiary alicyclic amines) is 1. The zero-order valence-electron chi connectivity index (χ0n) is 12.1. The van der Waals surface area contributed by atoms with Crippen molar-refractivity contribution in [2.24, 2.45) is 0 Å². The molecular formula is C17H25NO2. The van der Waals surface area contributed by atoms with Crippen molar-refractivity contribution in [2.45, 2.75) is 51.0 Å². The minimum absolute atomic E-state index is 0.299. The van der Waals surface area contributed by atoms with Crippen LogP contribution in [0.5, 0.6) is 0 Å². The lowest BCUT2D eigenvalue weighted by Gasteiger charge is -2.24. The second-order valence-corrected chi connectivity index (χ2v) is 5.71. The molecule has 1 heterocycles. The molecule has 2 rings (SSSR count). The van der Waals surface area contributed by atoms with Gasteiger partial charge in [-0.15, -0.1) is 0 Å². The third-order valence-electron chi connectivity index (χ3n) is 4.18. The molecule has 0 amide bonds. The molecule has 1 aliphatic heterocycles. The van der Waals surface area contributed by atoms with Crippen LogP contribution >= 0.6 is 0 Å². The second-order valence-electron chi connectivity index (χ2n) is 5.71. The number of hydrogen-bond donors (Lipinski definition) is 1. The zero-order valence-corrected chi connectivity index (χ0v) is 12.1. The third-order valence-corrected chi connectivity index (χ3v) is 4.18. The van der Waals surface area contributed by atoms with E-state index in [1.54, 1.807) is 0 Å². The van der Waals surface area contributed by atoms with Gasteiger partial charge in [0.25, 0.3) is 0 Å². The highest BCUT2D eigenvalue weighted by Crippen LogP contribution is 2.22. The van der Waals surface area contributed by atoms with Crippen LogP contribution in [-0.2, 0) is 11.2 Å². The first-order chi connectivity index (χ1) is 9.75. The maximum atomic E-state index is 10.6. The number of carbonyl (C=O) groups is 1. The molecule has 1 saturated heterocycles. The van der Waals surface area contributed by atoms with Gasteiger partial charge in [-0.05, 0) is 57.2 Å². The Morgan fingerprint density at radius 1 is 1.25 bits per heavy atom.